The number of halogens is 4. The molecular weight excluding hydrogens is 675 g/mol. The number of carbonyl (C=O) groups excluding carboxylic acids is 2. The van der Waals surface area contributed by atoms with Gasteiger partial charge in [-0.3, -0.25) is 14.6 Å². The largest absolute Gasteiger partial charge is 0.427 e. The summed E-state index contributed by atoms with van der Waals surface area (Å²) in [6, 6.07) is 13.0. The van der Waals surface area contributed by atoms with Crippen LogP contribution < -0.4 is 10.6 Å². The zero-order chi connectivity index (χ0) is 35.0. The summed E-state index contributed by atoms with van der Waals surface area (Å²) >= 11 is 6.28. The Hall–Kier alpha value is -3.14. The first kappa shape index (κ1) is 35.3. The van der Waals surface area contributed by atoms with E-state index in [1.165, 1.54) is 4.90 Å². The first-order valence-electron chi connectivity index (χ1n) is 17.5. The Balaban J connectivity index is 0.992. The Bertz CT molecular complexity index is 1540. The third-order valence-corrected chi connectivity index (χ3v) is 11.2. The van der Waals surface area contributed by atoms with Crippen LogP contribution in [0.4, 0.5) is 23.7 Å². The molecule has 2 amide bonds. The highest BCUT2D eigenvalue weighted by Crippen LogP contribution is 2.46. The Morgan fingerprint density at radius 3 is 2.52 bits per heavy atom. The van der Waals surface area contributed by atoms with Crippen molar-refractivity contribution in [3.63, 3.8) is 0 Å². The zero-order valence-corrected chi connectivity index (χ0v) is 29.0. The number of nitrogens with zero attached hydrogens (tertiary/aromatic N) is 5. The van der Waals surface area contributed by atoms with Crippen molar-refractivity contribution in [3.05, 3.63) is 64.2 Å². The van der Waals surface area contributed by atoms with Crippen LogP contribution in [-0.4, -0.2) is 126 Å². The molecule has 0 saturated carbocycles. The second kappa shape index (κ2) is 14.5. The van der Waals surface area contributed by atoms with Gasteiger partial charge in [0.15, 0.2) is 0 Å². The van der Waals surface area contributed by atoms with Crippen LogP contribution in [0.15, 0.2) is 42.5 Å². The summed E-state index contributed by atoms with van der Waals surface area (Å²) in [6.45, 7) is 5.56. The van der Waals surface area contributed by atoms with Gasteiger partial charge in [0.2, 0.25) is 11.8 Å². The van der Waals surface area contributed by atoms with Crippen LogP contribution >= 0.6 is 11.6 Å². The van der Waals surface area contributed by atoms with Crippen molar-refractivity contribution in [1.82, 2.24) is 30.0 Å². The van der Waals surface area contributed by atoms with Gasteiger partial charge in [0, 0.05) is 82.0 Å². The van der Waals surface area contributed by atoms with Crippen molar-refractivity contribution in [3.8, 4) is 0 Å². The predicted octanol–water partition coefficient (Wildman–Crippen LogP) is 4.41. The molecule has 8 rings (SSSR count). The number of anilines is 1. The number of carbonyl (C=O) groups is 2. The molecule has 50 heavy (non-hydrogen) atoms. The molecule has 272 valence electrons. The molecule has 6 heterocycles. The number of para-hydroxylation sites is 1. The average molecular weight is 720 g/mol. The molecule has 5 fully saturated rings. The van der Waals surface area contributed by atoms with Gasteiger partial charge >= 0.3 is 12.3 Å². The van der Waals surface area contributed by atoms with Gasteiger partial charge in [-0.05, 0) is 55.0 Å². The second-order valence-corrected chi connectivity index (χ2v) is 14.5. The van der Waals surface area contributed by atoms with Gasteiger partial charge in [0.25, 0.3) is 0 Å². The molecule has 0 aliphatic carbocycles. The highest BCUT2D eigenvalue weighted by molar-refractivity contribution is 6.31. The first-order valence-corrected chi connectivity index (χ1v) is 17.9. The molecule has 2 bridgehead atoms. The van der Waals surface area contributed by atoms with Gasteiger partial charge in [0.1, 0.15) is 6.04 Å². The van der Waals surface area contributed by atoms with Gasteiger partial charge in [0.05, 0.1) is 19.3 Å². The summed E-state index contributed by atoms with van der Waals surface area (Å²) in [7, 11) is 0. The summed E-state index contributed by atoms with van der Waals surface area (Å²) in [4.78, 5) is 41.3. The fraction of sp³-hybridized carbons (Fsp3) is 0.600. The third-order valence-electron chi connectivity index (χ3n) is 10.8. The molecule has 2 aromatic rings. The molecule has 5 saturated heterocycles. The lowest BCUT2D eigenvalue weighted by molar-refractivity contribution is -0.441. The fourth-order valence-electron chi connectivity index (χ4n) is 8.06. The quantitative estimate of drug-likeness (QED) is 0.412. The molecule has 3 unspecified atom stereocenters. The van der Waals surface area contributed by atoms with Gasteiger partial charge in [-0.1, -0.05) is 47.0 Å². The van der Waals surface area contributed by atoms with E-state index in [1.54, 1.807) is 16.0 Å². The van der Waals surface area contributed by atoms with Crippen LogP contribution in [0.5, 0.6) is 0 Å². The molecule has 0 aromatic heterocycles. The zero-order valence-electron chi connectivity index (χ0n) is 28.3. The molecule has 15 heteroatoms. The molecule has 0 spiro atoms. The van der Waals surface area contributed by atoms with Crippen LogP contribution in [0.2, 0.25) is 5.02 Å². The topological polar surface area (TPSA) is 92.9 Å². The summed E-state index contributed by atoms with van der Waals surface area (Å²) in [5, 5.41) is 8.57. The molecule has 2 N–H and O–H groups in total. The minimum absolute atomic E-state index is 0.101. The maximum atomic E-state index is 14.1. The molecule has 6 aliphatic rings. The van der Waals surface area contributed by atoms with Gasteiger partial charge in [-0.25, -0.2) is 9.69 Å². The van der Waals surface area contributed by atoms with Crippen molar-refractivity contribution in [2.45, 2.75) is 75.8 Å². The number of rotatable bonds is 8. The fourth-order valence-corrected chi connectivity index (χ4v) is 8.18. The van der Waals surface area contributed by atoms with E-state index in [1.807, 2.05) is 37.3 Å². The number of fused-ring (bicyclic) bond motifs is 3. The van der Waals surface area contributed by atoms with Crippen molar-refractivity contribution >= 4 is 29.3 Å². The van der Waals surface area contributed by atoms with Crippen LogP contribution in [0.1, 0.15) is 42.4 Å². The van der Waals surface area contributed by atoms with Crippen molar-refractivity contribution in [1.29, 1.82) is 0 Å². The van der Waals surface area contributed by atoms with E-state index in [4.69, 9.17) is 21.2 Å². The number of nitrogens with one attached hydrogen (secondary N) is 2. The smallest absolute Gasteiger partial charge is 0.372 e. The average Bonchev–Trinajstić information content (AvgIpc) is 3.08. The number of hydroxylamine groups is 2. The van der Waals surface area contributed by atoms with Crippen LogP contribution in [0.25, 0.3) is 0 Å². The Kier molecular flexibility index (Phi) is 10.2. The highest BCUT2D eigenvalue weighted by atomic mass is 35.5. The lowest BCUT2D eigenvalue weighted by atomic mass is 9.94. The SMILES string of the molecule is Cc1cc(CC(NC(=O)ON2CCC3CC2(N2CNc4ccccc4C2)O3)C(=O)N2CCC(N3CCN(CC(F)(F)F)CC3)CC2)ccc1Cl. The van der Waals surface area contributed by atoms with E-state index in [2.05, 4.69) is 26.5 Å². The van der Waals surface area contributed by atoms with Crippen LogP contribution in [0, 0.1) is 6.92 Å². The van der Waals surface area contributed by atoms with Gasteiger partial charge < -0.3 is 25.1 Å². The minimum atomic E-state index is -4.20. The second-order valence-electron chi connectivity index (χ2n) is 14.1. The lowest BCUT2D eigenvalue weighted by Gasteiger charge is -2.61. The maximum Gasteiger partial charge on any atom is 0.427 e. The number of piperazine rings is 1. The summed E-state index contributed by atoms with van der Waals surface area (Å²) in [5.74, 6) is -1.10. The standard InChI is InChI=1S/C35H45ClF3N7O4/c1-24-18-25(6-7-29(24)36)19-31(32(47)44-11-8-27(9-12-44)43-16-14-42(15-17-43)22-34(37,38)39)41-33(48)50-46-13-10-28-20-35(46,49-28)45-21-26-4-2-3-5-30(26)40-23-45/h2-7,18,27-28,31,40H,8-17,19-23H2,1H3,(H,41,48). The summed E-state index contributed by atoms with van der Waals surface area (Å²) in [5.41, 5.74) is 3.93. The first-order chi connectivity index (χ1) is 24.0. The van der Waals surface area contributed by atoms with E-state index >= 15 is 0 Å². The molecule has 11 nitrogen and oxygen atoms in total. The van der Waals surface area contributed by atoms with Crippen LogP contribution in [-0.2, 0) is 27.3 Å². The molecule has 6 aliphatic heterocycles. The molecule has 3 atom stereocenters. The van der Waals surface area contributed by atoms with Crippen LogP contribution in [0.3, 0.4) is 0 Å². The Morgan fingerprint density at radius 1 is 1.06 bits per heavy atom. The Morgan fingerprint density at radius 2 is 1.80 bits per heavy atom. The third kappa shape index (κ3) is 7.70. The number of likely N-dealkylation sites (tertiary alicyclic amines) is 1. The number of benzene rings is 2. The Labute approximate surface area is 295 Å². The minimum Gasteiger partial charge on any atom is -0.372 e. The van der Waals surface area contributed by atoms with Crippen molar-refractivity contribution in [2.75, 3.05) is 64.3 Å². The maximum absolute atomic E-state index is 14.1. The van der Waals surface area contributed by atoms with Crippen molar-refractivity contribution in [2.24, 2.45) is 0 Å². The summed E-state index contributed by atoms with van der Waals surface area (Å²) < 4.78 is 44.9. The van der Waals surface area contributed by atoms with Crippen molar-refractivity contribution < 1.29 is 32.3 Å². The molecule has 0 radical (unpaired) electrons. The molecular formula is C35H45ClF3N7O4. The van der Waals surface area contributed by atoms with E-state index in [0.29, 0.717) is 83.3 Å². The number of ether oxygens (including phenoxy) is 1. The number of hydrogen-bond donors (Lipinski definition) is 2. The molecule has 2 aromatic carbocycles. The van der Waals surface area contributed by atoms with Gasteiger partial charge in [-0.15, -0.1) is 0 Å². The lowest BCUT2D eigenvalue weighted by Crippen LogP contribution is -2.75. The highest BCUT2D eigenvalue weighted by Gasteiger charge is 2.60. The predicted molar refractivity (Wildman–Crippen MR) is 181 cm³/mol. The number of amides is 2. The van der Waals surface area contributed by atoms with E-state index < -0.39 is 30.7 Å². The normalized spacial score (nSPS) is 26.0. The monoisotopic (exact) mass is 719 g/mol. The van der Waals surface area contributed by atoms with Gasteiger partial charge in [-0.2, -0.15) is 13.2 Å². The summed E-state index contributed by atoms with van der Waals surface area (Å²) in [6.07, 6.45) is -1.72. The number of piperidine rings is 2. The van der Waals surface area contributed by atoms with E-state index in [-0.39, 0.29) is 24.5 Å². The number of hydrogen-bond acceptors (Lipinski definition) is 9. The number of aryl methyl sites for hydroxylation is 1. The number of alkyl halides is 3. The van der Waals surface area contributed by atoms with E-state index in [9.17, 15) is 22.8 Å². The van der Waals surface area contributed by atoms with E-state index in [0.717, 1.165) is 28.8 Å².